The highest BCUT2D eigenvalue weighted by atomic mass is 16.5. The molecule has 2 aliphatic rings. The molecule has 1 amide bonds. The van der Waals surface area contributed by atoms with E-state index in [1.807, 2.05) is 83.7 Å². The van der Waals surface area contributed by atoms with Crippen LogP contribution in [0, 0.1) is 0 Å². The largest absolute Gasteiger partial charge is 0.496 e. The van der Waals surface area contributed by atoms with Gasteiger partial charge < -0.3 is 24.1 Å². The number of amides is 1. The number of para-hydroxylation sites is 1. The predicted octanol–water partition coefficient (Wildman–Crippen LogP) is 4.98. The number of carbonyl (C=O) groups is 1. The van der Waals surface area contributed by atoms with Gasteiger partial charge >= 0.3 is 0 Å². The topological polar surface area (TPSA) is 65.0 Å². The van der Waals surface area contributed by atoms with Crippen LogP contribution in [0.15, 0.2) is 72.9 Å². The van der Waals surface area contributed by atoms with Gasteiger partial charge in [-0.15, -0.1) is 0 Å². The monoisotopic (exact) mass is 495 g/mol. The van der Waals surface area contributed by atoms with Crippen LogP contribution in [0.1, 0.15) is 5.56 Å². The van der Waals surface area contributed by atoms with Crippen LogP contribution in [0.2, 0.25) is 0 Å². The molecule has 1 aromatic heterocycles. The number of hydrogen-bond acceptors (Lipinski definition) is 5. The molecule has 7 nitrogen and oxygen atoms in total. The van der Waals surface area contributed by atoms with E-state index in [-0.39, 0.29) is 5.91 Å². The summed E-state index contributed by atoms with van der Waals surface area (Å²) >= 11 is 0. The molecule has 1 N–H and O–H groups in total. The summed E-state index contributed by atoms with van der Waals surface area (Å²) in [6, 6.07) is 22.0. The molecule has 2 aliphatic heterocycles. The van der Waals surface area contributed by atoms with Crippen molar-refractivity contribution in [1.29, 1.82) is 0 Å². The molecule has 7 heteroatoms. The highest BCUT2D eigenvalue weighted by Crippen LogP contribution is 2.38. The van der Waals surface area contributed by atoms with Crippen LogP contribution < -0.4 is 14.8 Å². The second kappa shape index (κ2) is 10.1. The standard InChI is InChI=1S/C30H29N3O4/c1-35-29-5-3-2-4-24(29)21-6-8-25-26(30(34)31-27(25)19-21)20-33-11-10-22-18-23(7-9-28(22)33)37-17-14-32-12-15-36-16-13-32/h2-11,18-20H,12-17H2,1H3,(H,31,34). The Labute approximate surface area is 215 Å². The summed E-state index contributed by atoms with van der Waals surface area (Å²) in [5.41, 5.74) is 5.30. The molecule has 37 heavy (non-hydrogen) atoms. The van der Waals surface area contributed by atoms with E-state index in [0.29, 0.717) is 12.2 Å². The van der Waals surface area contributed by atoms with Crippen LogP contribution >= 0.6 is 0 Å². The number of nitrogens with one attached hydrogen (secondary N) is 1. The molecule has 6 rings (SSSR count). The Morgan fingerprint density at radius 2 is 1.86 bits per heavy atom. The minimum absolute atomic E-state index is 0.114. The third kappa shape index (κ3) is 4.71. The van der Waals surface area contributed by atoms with E-state index < -0.39 is 0 Å². The van der Waals surface area contributed by atoms with Crippen molar-refractivity contribution in [1.82, 2.24) is 9.47 Å². The lowest BCUT2D eigenvalue weighted by atomic mass is 10.00. The van der Waals surface area contributed by atoms with E-state index in [2.05, 4.69) is 10.2 Å². The molecule has 0 saturated carbocycles. The van der Waals surface area contributed by atoms with Crippen molar-refractivity contribution >= 4 is 34.3 Å². The van der Waals surface area contributed by atoms with Crippen molar-refractivity contribution in [3.63, 3.8) is 0 Å². The van der Waals surface area contributed by atoms with E-state index in [1.54, 1.807) is 7.11 Å². The van der Waals surface area contributed by atoms with Crippen LogP contribution in [-0.2, 0) is 9.53 Å². The van der Waals surface area contributed by atoms with Crippen molar-refractivity contribution in [3.05, 3.63) is 78.5 Å². The lowest BCUT2D eigenvalue weighted by Crippen LogP contribution is -2.38. The number of methoxy groups -OCH3 is 1. The lowest BCUT2D eigenvalue weighted by molar-refractivity contribution is -0.110. The Kier molecular flexibility index (Phi) is 6.39. The predicted molar refractivity (Wildman–Crippen MR) is 146 cm³/mol. The zero-order valence-corrected chi connectivity index (χ0v) is 20.8. The summed E-state index contributed by atoms with van der Waals surface area (Å²) < 4.78 is 18.9. The molecule has 0 bridgehead atoms. The second-order valence-electron chi connectivity index (χ2n) is 9.20. The Morgan fingerprint density at radius 1 is 1.00 bits per heavy atom. The van der Waals surface area contributed by atoms with Crippen LogP contribution in [-0.4, -0.2) is 61.9 Å². The van der Waals surface area contributed by atoms with Crippen molar-refractivity contribution < 1.29 is 19.0 Å². The number of fused-ring (bicyclic) bond motifs is 2. The zero-order valence-electron chi connectivity index (χ0n) is 20.8. The molecule has 0 aliphatic carbocycles. The molecule has 3 aromatic carbocycles. The highest BCUT2D eigenvalue weighted by molar-refractivity contribution is 6.34. The van der Waals surface area contributed by atoms with Gasteiger partial charge in [0.15, 0.2) is 0 Å². The fourth-order valence-electron chi connectivity index (χ4n) is 4.97. The van der Waals surface area contributed by atoms with Gasteiger partial charge in [0.05, 0.1) is 31.4 Å². The Morgan fingerprint density at radius 3 is 2.73 bits per heavy atom. The molecular weight excluding hydrogens is 466 g/mol. The van der Waals surface area contributed by atoms with Gasteiger partial charge in [0.2, 0.25) is 0 Å². The molecule has 4 aromatic rings. The fraction of sp³-hybridized carbons (Fsp3) is 0.233. The van der Waals surface area contributed by atoms with Crippen molar-refractivity contribution in [3.8, 4) is 22.6 Å². The minimum atomic E-state index is -0.114. The quantitative estimate of drug-likeness (QED) is 0.367. The van der Waals surface area contributed by atoms with E-state index in [1.165, 1.54) is 0 Å². The van der Waals surface area contributed by atoms with Gasteiger partial charge in [-0.1, -0.05) is 30.3 Å². The third-order valence-corrected chi connectivity index (χ3v) is 6.96. The number of anilines is 1. The first kappa shape index (κ1) is 23.3. The third-order valence-electron chi connectivity index (χ3n) is 6.96. The average Bonchev–Trinajstić information content (AvgIpc) is 3.48. The molecule has 1 saturated heterocycles. The summed E-state index contributed by atoms with van der Waals surface area (Å²) in [7, 11) is 1.66. The maximum atomic E-state index is 12.9. The normalized spacial score (nSPS) is 16.7. The highest BCUT2D eigenvalue weighted by Gasteiger charge is 2.25. The van der Waals surface area contributed by atoms with E-state index in [9.17, 15) is 4.79 Å². The minimum Gasteiger partial charge on any atom is -0.496 e. The SMILES string of the molecule is COc1ccccc1-c1ccc2c(c1)NC(=O)C2=Cn1ccc2cc(OCCN3CCOCC3)ccc21. The molecule has 0 atom stereocenters. The molecular formula is C30H29N3O4. The number of ether oxygens (including phenoxy) is 3. The van der Waals surface area contributed by atoms with Crippen molar-refractivity contribution in [2.24, 2.45) is 0 Å². The van der Waals surface area contributed by atoms with E-state index >= 15 is 0 Å². The van der Waals surface area contributed by atoms with Crippen LogP contribution in [0.4, 0.5) is 5.69 Å². The number of nitrogens with zero attached hydrogens (tertiary/aromatic N) is 2. The number of benzene rings is 3. The van der Waals surface area contributed by atoms with Gasteiger partial charge in [-0.3, -0.25) is 9.69 Å². The summed E-state index contributed by atoms with van der Waals surface area (Å²) in [5.74, 6) is 1.53. The number of rotatable bonds is 7. The van der Waals surface area contributed by atoms with Crippen LogP contribution in [0.3, 0.4) is 0 Å². The van der Waals surface area contributed by atoms with E-state index in [4.69, 9.17) is 14.2 Å². The van der Waals surface area contributed by atoms with Gasteiger partial charge in [0.25, 0.3) is 5.91 Å². The van der Waals surface area contributed by atoms with Crippen molar-refractivity contribution in [2.45, 2.75) is 0 Å². The van der Waals surface area contributed by atoms with Crippen molar-refractivity contribution in [2.75, 3.05) is 51.9 Å². The first-order chi connectivity index (χ1) is 18.2. The molecule has 0 unspecified atom stereocenters. The van der Waals surface area contributed by atoms with Crippen LogP contribution in [0.25, 0.3) is 33.8 Å². The molecule has 0 spiro atoms. The maximum absolute atomic E-state index is 12.9. The van der Waals surface area contributed by atoms with Crippen LogP contribution in [0.5, 0.6) is 11.5 Å². The average molecular weight is 496 g/mol. The van der Waals surface area contributed by atoms with Gasteiger partial charge in [0, 0.05) is 54.2 Å². The van der Waals surface area contributed by atoms with Gasteiger partial charge in [-0.2, -0.15) is 0 Å². The number of hydrogen-bond donors (Lipinski definition) is 1. The Balaban J connectivity index is 1.22. The fourth-order valence-corrected chi connectivity index (χ4v) is 4.97. The number of aromatic nitrogens is 1. The smallest absolute Gasteiger partial charge is 0.257 e. The van der Waals surface area contributed by atoms with Gasteiger partial charge in [0.1, 0.15) is 18.1 Å². The first-order valence-electron chi connectivity index (χ1n) is 12.5. The van der Waals surface area contributed by atoms with Gasteiger partial charge in [-0.25, -0.2) is 0 Å². The molecule has 0 radical (unpaired) electrons. The first-order valence-corrected chi connectivity index (χ1v) is 12.5. The summed E-state index contributed by atoms with van der Waals surface area (Å²) in [4.78, 5) is 15.3. The second-order valence-corrected chi connectivity index (χ2v) is 9.20. The van der Waals surface area contributed by atoms with E-state index in [0.717, 1.165) is 77.6 Å². The molecule has 3 heterocycles. The molecule has 188 valence electrons. The lowest BCUT2D eigenvalue weighted by Gasteiger charge is -2.26. The Bertz CT molecular complexity index is 1480. The summed E-state index contributed by atoms with van der Waals surface area (Å²) in [6.07, 6.45) is 3.87. The number of carbonyl (C=O) groups excluding carboxylic acids is 1. The molecule has 1 fully saturated rings. The Hall–Kier alpha value is -4.07. The maximum Gasteiger partial charge on any atom is 0.257 e. The summed E-state index contributed by atoms with van der Waals surface area (Å²) in [5, 5.41) is 4.08. The summed E-state index contributed by atoms with van der Waals surface area (Å²) in [6.45, 7) is 5.03. The number of morpholine rings is 1. The van der Waals surface area contributed by atoms with Gasteiger partial charge in [-0.05, 0) is 42.0 Å². The zero-order chi connectivity index (χ0) is 25.2.